The van der Waals surface area contributed by atoms with Gasteiger partial charge in [0.2, 0.25) is 0 Å². The van der Waals surface area contributed by atoms with Gasteiger partial charge in [0.25, 0.3) is 0 Å². The number of hydrogen-bond acceptors (Lipinski definition) is 6. The molecule has 0 aromatic heterocycles. The second-order valence-electron chi connectivity index (χ2n) is 6.97. The Balaban J connectivity index is 1.59. The second-order valence-corrected chi connectivity index (χ2v) is 6.97. The summed E-state index contributed by atoms with van der Waals surface area (Å²) in [5.74, 6) is 0. The molecule has 2 rings (SSSR count). The van der Waals surface area contributed by atoms with Gasteiger partial charge < -0.3 is 29.2 Å². The van der Waals surface area contributed by atoms with Crippen LogP contribution in [0, 0.1) is 10.8 Å². The molecule has 0 radical (unpaired) electrons. The van der Waals surface area contributed by atoms with Gasteiger partial charge in [-0.2, -0.15) is 0 Å². The Hall–Kier alpha value is -0.240. The fourth-order valence-corrected chi connectivity index (χ4v) is 2.32. The first-order valence-corrected chi connectivity index (χ1v) is 7.67. The Morgan fingerprint density at radius 3 is 1.38 bits per heavy atom. The van der Waals surface area contributed by atoms with E-state index in [2.05, 4.69) is 0 Å². The van der Waals surface area contributed by atoms with Crippen molar-refractivity contribution in [3.8, 4) is 0 Å². The molecule has 0 atom stereocenters. The highest BCUT2D eigenvalue weighted by Crippen LogP contribution is 2.27. The van der Waals surface area contributed by atoms with E-state index in [1.807, 2.05) is 13.8 Å². The second kappa shape index (κ2) is 7.35. The van der Waals surface area contributed by atoms with E-state index in [0.717, 1.165) is 19.3 Å². The minimum atomic E-state index is -0.277. The zero-order chi connectivity index (χ0) is 15.3. The largest absolute Gasteiger partial charge is 0.396 e. The van der Waals surface area contributed by atoms with E-state index < -0.39 is 0 Å². The Morgan fingerprint density at radius 1 is 0.762 bits per heavy atom. The smallest absolute Gasteiger partial charge is 0.157 e. The van der Waals surface area contributed by atoms with Crippen molar-refractivity contribution in [3.63, 3.8) is 0 Å². The van der Waals surface area contributed by atoms with Crippen LogP contribution in [0.3, 0.4) is 0 Å². The molecule has 0 spiro atoms. The lowest BCUT2D eigenvalue weighted by Crippen LogP contribution is -2.43. The van der Waals surface area contributed by atoms with Crippen LogP contribution in [0.1, 0.15) is 33.1 Å². The predicted molar refractivity (Wildman–Crippen MR) is 75.6 cm³/mol. The Morgan fingerprint density at radius 2 is 1.10 bits per heavy atom. The van der Waals surface area contributed by atoms with E-state index in [-0.39, 0.29) is 36.6 Å². The van der Waals surface area contributed by atoms with Crippen LogP contribution in [0.15, 0.2) is 0 Å². The van der Waals surface area contributed by atoms with Gasteiger partial charge in [-0.25, -0.2) is 0 Å². The number of aliphatic hydroxyl groups excluding tert-OH is 2. The molecule has 2 aliphatic rings. The fraction of sp³-hybridized carbons (Fsp3) is 1.00. The first kappa shape index (κ1) is 17.1. The lowest BCUT2D eigenvalue weighted by atomic mass is 9.93. The molecular weight excluding hydrogens is 276 g/mol. The van der Waals surface area contributed by atoms with Crippen LogP contribution in [-0.2, 0) is 18.9 Å². The van der Waals surface area contributed by atoms with Gasteiger partial charge in [-0.05, 0) is 19.3 Å². The van der Waals surface area contributed by atoms with E-state index >= 15 is 0 Å². The maximum absolute atomic E-state index is 9.23. The summed E-state index contributed by atoms with van der Waals surface area (Å²) < 4.78 is 22.5. The molecule has 0 saturated carbocycles. The van der Waals surface area contributed by atoms with Crippen LogP contribution >= 0.6 is 0 Å². The highest BCUT2D eigenvalue weighted by Gasteiger charge is 2.33. The van der Waals surface area contributed by atoms with Gasteiger partial charge in [0, 0.05) is 10.8 Å². The van der Waals surface area contributed by atoms with E-state index in [9.17, 15) is 10.2 Å². The molecule has 2 N–H and O–H groups in total. The molecule has 0 aliphatic carbocycles. The third-order valence-electron chi connectivity index (χ3n) is 4.11. The standard InChI is InChI=1S/C15H28O6/c1-14(6-16)8-18-12(19-9-14)4-3-5-13-20-10-15(2,7-17)11-21-13/h12-13,16-17H,3-11H2,1-2H3. The number of ether oxygens (including phenoxy) is 4. The van der Waals surface area contributed by atoms with E-state index in [0.29, 0.717) is 26.4 Å². The van der Waals surface area contributed by atoms with Gasteiger partial charge in [-0.3, -0.25) is 0 Å². The van der Waals surface area contributed by atoms with Crippen molar-refractivity contribution in [3.05, 3.63) is 0 Å². The van der Waals surface area contributed by atoms with E-state index in [1.165, 1.54) is 0 Å². The molecule has 2 heterocycles. The monoisotopic (exact) mass is 304 g/mol. The molecule has 0 unspecified atom stereocenters. The van der Waals surface area contributed by atoms with Crippen molar-refractivity contribution in [2.75, 3.05) is 39.6 Å². The molecule has 124 valence electrons. The molecule has 0 aromatic rings. The molecule has 2 fully saturated rings. The van der Waals surface area contributed by atoms with Crippen molar-refractivity contribution in [2.24, 2.45) is 10.8 Å². The quantitative estimate of drug-likeness (QED) is 0.759. The fourth-order valence-electron chi connectivity index (χ4n) is 2.32. The van der Waals surface area contributed by atoms with Crippen molar-refractivity contribution < 1.29 is 29.2 Å². The number of aliphatic hydroxyl groups is 2. The SMILES string of the molecule is CC1(CO)COC(CCCC2OCC(C)(CO)CO2)OC1. The molecule has 0 aromatic carbocycles. The van der Waals surface area contributed by atoms with Crippen LogP contribution < -0.4 is 0 Å². The van der Waals surface area contributed by atoms with Gasteiger partial charge in [-0.15, -0.1) is 0 Å². The molecule has 6 heteroatoms. The Bertz CT molecular complexity index is 275. The minimum Gasteiger partial charge on any atom is -0.396 e. The van der Waals surface area contributed by atoms with Crippen LogP contribution in [0.2, 0.25) is 0 Å². The third kappa shape index (κ3) is 4.87. The maximum atomic E-state index is 9.23. The molecule has 0 bridgehead atoms. The summed E-state index contributed by atoms with van der Waals surface area (Å²) in [5.41, 5.74) is -0.554. The van der Waals surface area contributed by atoms with Gasteiger partial charge in [-0.1, -0.05) is 13.8 Å². The molecule has 2 saturated heterocycles. The maximum Gasteiger partial charge on any atom is 0.157 e. The number of hydrogen-bond donors (Lipinski definition) is 2. The van der Waals surface area contributed by atoms with E-state index in [1.54, 1.807) is 0 Å². The topological polar surface area (TPSA) is 77.4 Å². The van der Waals surface area contributed by atoms with E-state index in [4.69, 9.17) is 18.9 Å². The van der Waals surface area contributed by atoms with Crippen LogP contribution in [0.25, 0.3) is 0 Å². The summed E-state index contributed by atoms with van der Waals surface area (Å²) in [7, 11) is 0. The van der Waals surface area contributed by atoms with Gasteiger partial charge in [0.15, 0.2) is 12.6 Å². The van der Waals surface area contributed by atoms with Gasteiger partial charge in [0.05, 0.1) is 39.6 Å². The first-order valence-electron chi connectivity index (χ1n) is 7.67. The highest BCUT2D eigenvalue weighted by atomic mass is 16.7. The zero-order valence-corrected chi connectivity index (χ0v) is 13.0. The van der Waals surface area contributed by atoms with Gasteiger partial charge in [0.1, 0.15) is 0 Å². The highest BCUT2D eigenvalue weighted by molar-refractivity contribution is 4.77. The lowest BCUT2D eigenvalue weighted by Gasteiger charge is -2.37. The van der Waals surface area contributed by atoms with Crippen molar-refractivity contribution >= 4 is 0 Å². The van der Waals surface area contributed by atoms with Crippen molar-refractivity contribution in [2.45, 2.75) is 45.7 Å². The molecule has 6 nitrogen and oxygen atoms in total. The molecule has 21 heavy (non-hydrogen) atoms. The third-order valence-corrected chi connectivity index (χ3v) is 4.11. The van der Waals surface area contributed by atoms with Crippen molar-refractivity contribution in [1.29, 1.82) is 0 Å². The average Bonchev–Trinajstić information content (AvgIpc) is 2.51. The normalized spacial score (nSPS) is 41.1. The number of rotatable bonds is 6. The van der Waals surface area contributed by atoms with Gasteiger partial charge >= 0.3 is 0 Å². The summed E-state index contributed by atoms with van der Waals surface area (Å²) >= 11 is 0. The van der Waals surface area contributed by atoms with Crippen LogP contribution in [0.4, 0.5) is 0 Å². The molecule has 0 amide bonds. The van der Waals surface area contributed by atoms with Crippen molar-refractivity contribution in [1.82, 2.24) is 0 Å². The Labute approximate surface area is 126 Å². The summed E-state index contributed by atoms with van der Waals surface area (Å²) in [4.78, 5) is 0. The zero-order valence-electron chi connectivity index (χ0n) is 13.0. The minimum absolute atomic E-state index is 0.0765. The predicted octanol–water partition coefficient (Wildman–Crippen LogP) is 0.900. The average molecular weight is 304 g/mol. The lowest BCUT2D eigenvalue weighted by molar-refractivity contribution is -0.244. The summed E-state index contributed by atoms with van der Waals surface area (Å²) in [5, 5.41) is 18.5. The first-order chi connectivity index (χ1) is 9.99. The summed E-state index contributed by atoms with van der Waals surface area (Å²) in [6.45, 7) is 6.16. The molecular formula is C15H28O6. The summed E-state index contributed by atoms with van der Waals surface area (Å²) in [6, 6.07) is 0. The van der Waals surface area contributed by atoms with Crippen LogP contribution in [0.5, 0.6) is 0 Å². The Kier molecular flexibility index (Phi) is 5.99. The van der Waals surface area contributed by atoms with Crippen LogP contribution in [-0.4, -0.2) is 62.4 Å². The molecule has 2 aliphatic heterocycles. The summed E-state index contributed by atoms with van der Waals surface area (Å²) in [6.07, 6.45) is 2.08.